The maximum Gasteiger partial charge on any atom is 0.514 e. The molecule has 0 saturated carbocycles. The third kappa shape index (κ3) is 7.71. The van der Waals surface area contributed by atoms with Gasteiger partial charge in [0.1, 0.15) is 19.3 Å². The largest absolute Gasteiger partial charge is 0.514 e. The van der Waals surface area contributed by atoms with Crippen molar-refractivity contribution >= 4 is 46.0 Å². The van der Waals surface area contributed by atoms with E-state index in [1.165, 1.54) is 14.0 Å². The fraction of sp³-hybridized carbons (Fsp3) is 0.326. The van der Waals surface area contributed by atoms with Crippen molar-refractivity contribution < 1.29 is 43.0 Å². The van der Waals surface area contributed by atoms with Gasteiger partial charge < -0.3 is 34.4 Å². The lowest BCUT2D eigenvalue weighted by atomic mass is 9.63. The van der Waals surface area contributed by atoms with E-state index in [1.807, 2.05) is 93.0 Å². The molecule has 0 aromatic heterocycles. The van der Waals surface area contributed by atoms with E-state index >= 15 is 0 Å². The maximum absolute atomic E-state index is 14.9. The number of fused-ring (bicyclic) bond motifs is 3. The minimum Gasteiger partial charge on any atom is -0.470 e. The van der Waals surface area contributed by atoms with Crippen LogP contribution in [0.4, 0.5) is 10.5 Å². The number of nitrogens with one attached hydrogen (secondary N) is 2. The third-order valence-corrected chi connectivity index (χ3v) is 10.4. The van der Waals surface area contributed by atoms with Crippen LogP contribution < -0.4 is 15.4 Å². The van der Waals surface area contributed by atoms with Crippen LogP contribution >= 0.6 is 0 Å². The summed E-state index contributed by atoms with van der Waals surface area (Å²) in [4.78, 5) is 59.4. The van der Waals surface area contributed by atoms with Crippen molar-refractivity contribution in [2.45, 2.75) is 64.8 Å². The van der Waals surface area contributed by atoms with Gasteiger partial charge >= 0.3 is 6.16 Å². The van der Waals surface area contributed by atoms with E-state index in [0.29, 0.717) is 41.7 Å². The van der Waals surface area contributed by atoms with Crippen molar-refractivity contribution in [3.63, 3.8) is 0 Å². The van der Waals surface area contributed by atoms with Crippen molar-refractivity contribution in [3.05, 3.63) is 119 Å². The van der Waals surface area contributed by atoms with E-state index in [0.717, 1.165) is 27.6 Å². The lowest BCUT2D eigenvalue weighted by Crippen LogP contribution is -2.44. The molecule has 1 spiro atoms. The number of benzene rings is 4. The van der Waals surface area contributed by atoms with Gasteiger partial charge in [0.05, 0.1) is 11.1 Å². The average molecular weight is 786 g/mol. The van der Waals surface area contributed by atoms with E-state index in [9.17, 15) is 19.2 Å². The Morgan fingerprint density at radius 2 is 1.71 bits per heavy atom. The van der Waals surface area contributed by atoms with Crippen molar-refractivity contribution in [2.75, 3.05) is 26.5 Å². The number of hydrogen-bond donors (Lipinski definition) is 2. The summed E-state index contributed by atoms with van der Waals surface area (Å²) in [7, 11) is 5.14. The topological polar surface area (TPSA) is 154 Å². The van der Waals surface area contributed by atoms with Gasteiger partial charge in [0, 0.05) is 29.5 Å². The van der Waals surface area contributed by atoms with E-state index in [-0.39, 0.29) is 58.7 Å². The number of anilines is 1. The van der Waals surface area contributed by atoms with Crippen molar-refractivity contribution in [1.29, 1.82) is 0 Å². The SMILES string of the molecule is CNC.CO/N=C(/OCc1ccccc1)C1=CC[C@@H]2CC3Cc4cc5ccc(-c6cccc(NC(C)=O)c6)cc5c(OC(=O)OC(C)(C)C)c4C(=O)C3=C3O[C@]32C1=O. The molecule has 1 unspecified atom stereocenters. The molecule has 4 aromatic rings. The summed E-state index contributed by atoms with van der Waals surface area (Å²) < 4.78 is 23.9. The monoisotopic (exact) mass is 785 g/mol. The first kappa shape index (κ1) is 39.9. The highest BCUT2D eigenvalue weighted by molar-refractivity contribution is 6.26. The molecule has 1 heterocycles. The Morgan fingerprint density at radius 3 is 2.41 bits per heavy atom. The molecule has 2 N–H and O–H groups in total. The molecule has 0 radical (unpaired) electrons. The molecule has 58 heavy (non-hydrogen) atoms. The normalized spacial score (nSPS) is 20.5. The molecule has 12 heteroatoms. The summed E-state index contributed by atoms with van der Waals surface area (Å²) in [5, 5.41) is 10.9. The first-order chi connectivity index (χ1) is 27.8. The van der Waals surface area contributed by atoms with Crippen molar-refractivity contribution in [2.24, 2.45) is 17.0 Å². The number of amides is 1. The summed E-state index contributed by atoms with van der Waals surface area (Å²) >= 11 is 0. The highest BCUT2D eigenvalue weighted by atomic mass is 16.7. The van der Waals surface area contributed by atoms with E-state index < -0.39 is 17.4 Å². The van der Waals surface area contributed by atoms with Crippen molar-refractivity contribution in [3.8, 4) is 16.9 Å². The molecule has 4 aliphatic rings. The number of allylic oxidation sites excluding steroid dienone is 2. The first-order valence-electron chi connectivity index (χ1n) is 19.3. The first-order valence-corrected chi connectivity index (χ1v) is 19.3. The summed E-state index contributed by atoms with van der Waals surface area (Å²) in [5.74, 6) is -0.798. The number of Topliss-reactive ketones (excluding diaryl/α,β-unsaturated/α-hetero) is 2. The quantitative estimate of drug-likeness (QED) is 0.0469. The smallest absolute Gasteiger partial charge is 0.470 e. The minimum atomic E-state index is -1.32. The predicted molar refractivity (Wildman–Crippen MR) is 219 cm³/mol. The van der Waals surface area contributed by atoms with Crippen LogP contribution in [0.15, 0.2) is 107 Å². The van der Waals surface area contributed by atoms with Crippen LogP contribution in [0.3, 0.4) is 0 Å². The summed E-state index contributed by atoms with van der Waals surface area (Å²) in [6.07, 6.45) is 2.42. The molecule has 4 aromatic carbocycles. The Bertz CT molecular complexity index is 2410. The second kappa shape index (κ2) is 15.9. The Labute approximate surface area is 337 Å². The van der Waals surface area contributed by atoms with Gasteiger partial charge in [-0.15, -0.1) is 0 Å². The fourth-order valence-corrected chi connectivity index (χ4v) is 8.09. The molecular formula is C46H47N3O9. The van der Waals surface area contributed by atoms with E-state index in [4.69, 9.17) is 23.8 Å². The number of rotatable bonds is 7. The average Bonchev–Trinajstić information content (AvgIpc) is 3.92. The number of oxime groups is 1. The number of carbonyl (C=O) groups is 4. The van der Waals surface area contributed by atoms with Gasteiger partial charge in [-0.25, -0.2) is 4.79 Å². The van der Waals surface area contributed by atoms with Gasteiger partial charge in [-0.2, -0.15) is 0 Å². The second-order valence-corrected chi connectivity index (χ2v) is 15.8. The van der Waals surface area contributed by atoms with Crippen LogP contribution in [0.2, 0.25) is 0 Å². The van der Waals surface area contributed by atoms with Gasteiger partial charge in [0.2, 0.25) is 17.3 Å². The van der Waals surface area contributed by atoms with Crippen LogP contribution in [0, 0.1) is 11.8 Å². The zero-order chi connectivity index (χ0) is 41.4. The van der Waals surface area contributed by atoms with Crippen molar-refractivity contribution in [1.82, 2.24) is 5.32 Å². The second-order valence-electron chi connectivity index (χ2n) is 15.8. The van der Waals surface area contributed by atoms with Crippen LogP contribution in [-0.4, -0.2) is 61.9 Å². The molecule has 3 aliphatic carbocycles. The molecular weight excluding hydrogens is 739 g/mol. The lowest BCUT2D eigenvalue weighted by molar-refractivity contribution is -0.122. The maximum atomic E-state index is 14.9. The van der Waals surface area contributed by atoms with Crippen LogP contribution in [0.25, 0.3) is 21.9 Å². The number of hydrogen-bond acceptors (Lipinski definition) is 11. The minimum absolute atomic E-state index is 0.0457. The van der Waals surface area contributed by atoms with Crippen LogP contribution in [-0.2, 0) is 41.7 Å². The molecule has 1 fully saturated rings. The molecule has 1 aliphatic heterocycles. The Morgan fingerprint density at radius 1 is 0.966 bits per heavy atom. The summed E-state index contributed by atoms with van der Waals surface area (Å²) in [6, 6.07) is 24.6. The van der Waals surface area contributed by atoms with Gasteiger partial charge in [-0.1, -0.05) is 66.7 Å². The molecule has 300 valence electrons. The molecule has 1 saturated heterocycles. The molecule has 0 bridgehead atoms. The number of carbonyl (C=O) groups excluding carboxylic acids is 4. The zero-order valence-corrected chi connectivity index (χ0v) is 33.7. The van der Waals surface area contributed by atoms with Gasteiger partial charge in [0.25, 0.3) is 5.90 Å². The number of ketones is 2. The Hall–Kier alpha value is -6.27. The molecule has 12 nitrogen and oxygen atoms in total. The standard InChI is InChI=1S/C44H40N2O9.C2H7N/c1-24(47)45-32-13-9-12-26(21-32)27-14-15-28-18-29-19-30-20-31-16-17-33(41(46-51-5)52-23-25-10-7-6-8-11-25)39(49)44(31)40(54-44)36(30)37(48)35(29)38(34(28)22-27)53-42(50)55-43(2,3)4;1-3-2/h6-15,17-18,21-22,30-31H,16,19-20,23H2,1-5H3,(H,45,47);3H,1-2H3/b46-41+;/t30?,31-,44-;/m1./s1. The number of epoxide rings is 1. The number of nitrogens with zero attached hydrogens (tertiary/aromatic N) is 1. The zero-order valence-electron chi connectivity index (χ0n) is 33.7. The van der Waals surface area contributed by atoms with Gasteiger partial charge in [-0.3, -0.25) is 14.4 Å². The van der Waals surface area contributed by atoms with E-state index in [1.54, 1.807) is 26.8 Å². The third-order valence-electron chi connectivity index (χ3n) is 10.4. The molecule has 8 rings (SSSR count). The highest BCUT2D eigenvalue weighted by Crippen LogP contribution is 2.62. The lowest BCUT2D eigenvalue weighted by Gasteiger charge is -2.35. The number of ether oxygens (including phenoxy) is 4. The Kier molecular flexibility index (Phi) is 11.0. The van der Waals surface area contributed by atoms with Gasteiger partial charge in [-0.05, 0) is 111 Å². The predicted octanol–water partition coefficient (Wildman–Crippen LogP) is 8.09. The van der Waals surface area contributed by atoms with Crippen LogP contribution in [0.1, 0.15) is 62.0 Å². The summed E-state index contributed by atoms with van der Waals surface area (Å²) in [5.41, 5.74) is 2.56. The molecule has 3 atom stereocenters. The molecule has 1 amide bonds. The Balaban J connectivity index is 0.00000166. The summed E-state index contributed by atoms with van der Waals surface area (Å²) in [6.45, 7) is 6.82. The van der Waals surface area contributed by atoms with E-state index in [2.05, 4.69) is 15.8 Å². The highest BCUT2D eigenvalue weighted by Gasteiger charge is 2.71. The van der Waals surface area contributed by atoms with Gasteiger partial charge in [0.15, 0.2) is 17.3 Å². The van der Waals surface area contributed by atoms with Crippen LogP contribution in [0.5, 0.6) is 5.75 Å². The fourth-order valence-electron chi connectivity index (χ4n) is 8.09.